The van der Waals surface area contributed by atoms with Crippen molar-refractivity contribution in [3.63, 3.8) is 0 Å². The van der Waals surface area contributed by atoms with Gasteiger partial charge < -0.3 is 10.6 Å². The predicted molar refractivity (Wildman–Crippen MR) is 89.5 cm³/mol. The molecule has 21 heavy (non-hydrogen) atoms. The standard InChI is InChI=1S/C17H17BrN2O/c1-11-8-12-4-2-3-5-16(12)20(10-11)17(21)13-6-7-15(19)14(18)9-13/h2-7,9,11H,8,10,19H2,1H3. The van der Waals surface area contributed by atoms with Gasteiger partial charge in [0.1, 0.15) is 0 Å². The van der Waals surface area contributed by atoms with Gasteiger partial charge in [-0.3, -0.25) is 4.79 Å². The third-order valence-electron chi connectivity index (χ3n) is 3.84. The molecule has 0 bridgehead atoms. The number of hydrogen-bond donors (Lipinski definition) is 1. The quantitative estimate of drug-likeness (QED) is 0.798. The van der Waals surface area contributed by atoms with Crippen LogP contribution in [0.3, 0.4) is 0 Å². The summed E-state index contributed by atoms with van der Waals surface area (Å²) in [5, 5.41) is 0. The van der Waals surface area contributed by atoms with Gasteiger partial charge in [-0.25, -0.2) is 0 Å². The van der Waals surface area contributed by atoms with Crippen LogP contribution in [-0.4, -0.2) is 12.5 Å². The van der Waals surface area contributed by atoms with Gasteiger partial charge in [0.15, 0.2) is 0 Å². The Morgan fingerprint density at radius 2 is 2.05 bits per heavy atom. The zero-order valence-corrected chi connectivity index (χ0v) is 13.4. The van der Waals surface area contributed by atoms with E-state index in [4.69, 9.17) is 5.73 Å². The minimum Gasteiger partial charge on any atom is -0.398 e. The average molecular weight is 345 g/mol. The molecular formula is C17H17BrN2O. The topological polar surface area (TPSA) is 46.3 Å². The number of anilines is 2. The zero-order valence-electron chi connectivity index (χ0n) is 11.8. The number of nitrogen functional groups attached to an aromatic ring is 1. The highest BCUT2D eigenvalue weighted by Crippen LogP contribution is 2.31. The van der Waals surface area contributed by atoms with E-state index in [2.05, 4.69) is 28.9 Å². The largest absolute Gasteiger partial charge is 0.398 e. The second kappa shape index (κ2) is 5.53. The first-order chi connectivity index (χ1) is 10.1. The average Bonchev–Trinajstić information content (AvgIpc) is 2.48. The highest BCUT2D eigenvalue weighted by molar-refractivity contribution is 9.10. The molecule has 4 heteroatoms. The molecule has 0 saturated carbocycles. The second-order valence-corrected chi connectivity index (χ2v) is 6.44. The molecule has 0 saturated heterocycles. The van der Waals surface area contributed by atoms with Gasteiger partial charge in [0.25, 0.3) is 5.91 Å². The maximum Gasteiger partial charge on any atom is 0.258 e. The Balaban J connectivity index is 1.99. The van der Waals surface area contributed by atoms with Gasteiger partial charge in [-0.1, -0.05) is 25.1 Å². The van der Waals surface area contributed by atoms with Gasteiger partial charge in [0, 0.05) is 28.0 Å². The molecule has 0 aromatic heterocycles. The molecule has 0 aliphatic carbocycles. The Hall–Kier alpha value is -1.81. The van der Waals surface area contributed by atoms with Gasteiger partial charge in [-0.05, 0) is 58.1 Å². The van der Waals surface area contributed by atoms with Crippen molar-refractivity contribution in [3.05, 3.63) is 58.1 Å². The molecule has 0 spiro atoms. The van der Waals surface area contributed by atoms with Crippen LogP contribution in [-0.2, 0) is 6.42 Å². The van der Waals surface area contributed by atoms with Crippen molar-refractivity contribution in [1.82, 2.24) is 0 Å². The lowest BCUT2D eigenvalue weighted by molar-refractivity contribution is 0.0981. The third kappa shape index (κ3) is 2.68. The van der Waals surface area contributed by atoms with Crippen molar-refractivity contribution >= 4 is 33.2 Å². The van der Waals surface area contributed by atoms with Crippen molar-refractivity contribution in [2.75, 3.05) is 17.2 Å². The van der Waals surface area contributed by atoms with E-state index in [9.17, 15) is 4.79 Å². The molecule has 2 aromatic carbocycles. The summed E-state index contributed by atoms with van der Waals surface area (Å²) < 4.78 is 0.756. The molecule has 1 unspecified atom stereocenters. The van der Waals surface area contributed by atoms with Gasteiger partial charge in [-0.2, -0.15) is 0 Å². The summed E-state index contributed by atoms with van der Waals surface area (Å²) in [5.41, 5.74) is 9.34. The number of hydrogen-bond acceptors (Lipinski definition) is 2. The van der Waals surface area contributed by atoms with Crippen LogP contribution >= 0.6 is 15.9 Å². The number of halogens is 1. The molecule has 1 amide bonds. The highest BCUT2D eigenvalue weighted by Gasteiger charge is 2.26. The molecule has 1 aliphatic rings. The van der Waals surface area contributed by atoms with E-state index in [0.717, 1.165) is 23.1 Å². The Morgan fingerprint density at radius 3 is 2.81 bits per heavy atom. The van der Waals surface area contributed by atoms with Crippen molar-refractivity contribution in [2.24, 2.45) is 5.92 Å². The molecule has 2 aromatic rings. The lowest BCUT2D eigenvalue weighted by Crippen LogP contribution is -2.39. The smallest absolute Gasteiger partial charge is 0.258 e. The number of nitrogens with two attached hydrogens (primary N) is 1. The fourth-order valence-corrected chi connectivity index (χ4v) is 3.18. The molecule has 0 radical (unpaired) electrons. The van der Waals surface area contributed by atoms with Crippen LogP contribution in [0.15, 0.2) is 46.9 Å². The van der Waals surface area contributed by atoms with Crippen LogP contribution in [0.25, 0.3) is 0 Å². The summed E-state index contributed by atoms with van der Waals surface area (Å²) in [6, 6.07) is 13.5. The Bertz CT molecular complexity index is 699. The number of carbonyl (C=O) groups is 1. The van der Waals surface area contributed by atoms with Crippen molar-refractivity contribution in [2.45, 2.75) is 13.3 Å². The summed E-state index contributed by atoms with van der Waals surface area (Å²) in [6.07, 6.45) is 1.02. The maximum atomic E-state index is 12.8. The van der Waals surface area contributed by atoms with E-state index in [0.29, 0.717) is 17.2 Å². The molecule has 1 heterocycles. The normalized spacial score (nSPS) is 17.4. The lowest BCUT2D eigenvalue weighted by Gasteiger charge is -2.33. The number of fused-ring (bicyclic) bond motifs is 1. The zero-order chi connectivity index (χ0) is 15.0. The molecule has 3 rings (SSSR count). The number of carbonyl (C=O) groups excluding carboxylic acids is 1. The molecule has 1 aliphatic heterocycles. The van der Waals surface area contributed by atoms with Crippen LogP contribution in [0.2, 0.25) is 0 Å². The molecule has 108 valence electrons. The minimum absolute atomic E-state index is 0.0229. The monoisotopic (exact) mass is 344 g/mol. The lowest BCUT2D eigenvalue weighted by atomic mass is 9.93. The van der Waals surface area contributed by atoms with Crippen LogP contribution in [0.4, 0.5) is 11.4 Å². The van der Waals surface area contributed by atoms with E-state index < -0.39 is 0 Å². The van der Waals surface area contributed by atoms with E-state index >= 15 is 0 Å². The van der Waals surface area contributed by atoms with Crippen molar-refractivity contribution in [3.8, 4) is 0 Å². The maximum absolute atomic E-state index is 12.8. The number of rotatable bonds is 1. The highest BCUT2D eigenvalue weighted by atomic mass is 79.9. The first kappa shape index (κ1) is 14.1. The summed E-state index contributed by atoms with van der Waals surface area (Å²) in [6.45, 7) is 2.92. The number of para-hydroxylation sites is 1. The molecule has 3 nitrogen and oxygen atoms in total. The number of amides is 1. The Kier molecular flexibility index (Phi) is 3.72. The van der Waals surface area contributed by atoms with E-state index in [-0.39, 0.29) is 5.91 Å². The second-order valence-electron chi connectivity index (χ2n) is 5.59. The van der Waals surface area contributed by atoms with Crippen molar-refractivity contribution < 1.29 is 4.79 Å². The van der Waals surface area contributed by atoms with E-state index in [1.807, 2.05) is 23.1 Å². The van der Waals surface area contributed by atoms with Crippen LogP contribution in [0.5, 0.6) is 0 Å². The van der Waals surface area contributed by atoms with E-state index in [1.165, 1.54) is 5.56 Å². The SMILES string of the molecule is CC1Cc2ccccc2N(C(=O)c2ccc(N)c(Br)c2)C1. The van der Waals surface area contributed by atoms with Crippen LogP contribution in [0, 0.1) is 5.92 Å². The number of benzene rings is 2. The van der Waals surface area contributed by atoms with Gasteiger partial charge >= 0.3 is 0 Å². The Labute approximate surface area is 132 Å². The fraction of sp³-hybridized carbons (Fsp3) is 0.235. The van der Waals surface area contributed by atoms with Crippen LogP contribution in [0.1, 0.15) is 22.8 Å². The first-order valence-electron chi connectivity index (χ1n) is 7.01. The van der Waals surface area contributed by atoms with Crippen LogP contribution < -0.4 is 10.6 Å². The summed E-state index contributed by atoms with van der Waals surface area (Å²) in [5.74, 6) is 0.482. The predicted octanol–water partition coefficient (Wildman–Crippen LogP) is 3.87. The van der Waals surface area contributed by atoms with Gasteiger partial charge in [0.05, 0.1) is 0 Å². The molecule has 1 atom stereocenters. The molecule has 0 fully saturated rings. The summed E-state index contributed by atoms with van der Waals surface area (Å²) >= 11 is 3.39. The summed E-state index contributed by atoms with van der Waals surface area (Å²) in [4.78, 5) is 14.7. The fourth-order valence-electron chi connectivity index (χ4n) is 2.81. The molecular weight excluding hydrogens is 328 g/mol. The number of nitrogens with zero attached hydrogens (tertiary/aromatic N) is 1. The van der Waals surface area contributed by atoms with E-state index in [1.54, 1.807) is 18.2 Å². The summed E-state index contributed by atoms with van der Waals surface area (Å²) in [7, 11) is 0. The Morgan fingerprint density at radius 1 is 1.29 bits per heavy atom. The molecule has 2 N–H and O–H groups in total. The third-order valence-corrected chi connectivity index (χ3v) is 4.52. The van der Waals surface area contributed by atoms with Gasteiger partial charge in [0.2, 0.25) is 0 Å². The first-order valence-corrected chi connectivity index (χ1v) is 7.80. The van der Waals surface area contributed by atoms with Gasteiger partial charge in [-0.15, -0.1) is 0 Å². The minimum atomic E-state index is 0.0229. The van der Waals surface area contributed by atoms with Crippen molar-refractivity contribution in [1.29, 1.82) is 0 Å².